The number of benzene rings is 6. The standard InChI is InChI=1S/C45H30N4/c46-26-25-30-11-9-21-40-39-19-3-6-24-43(39)49(44(30)40)45-34(29-47)15-10-20-36(45)33-14-7-12-31(27-33)32-13-8-16-35(28-32)48-41-22-4-1-17-37(41)38-18-2-5-23-42(38)48/h1-13,15-24,27-28,33H,14,25H2. The third-order valence-electron chi connectivity index (χ3n) is 9.94. The summed E-state index contributed by atoms with van der Waals surface area (Å²) in [7, 11) is 0. The van der Waals surface area contributed by atoms with Crippen LogP contribution >= 0.6 is 0 Å². The highest BCUT2D eigenvalue weighted by atomic mass is 15.0. The van der Waals surface area contributed by atoms with Crippen molar-refractivity contribution in [2.24, 2.45) is 0 Å². The molecule has 0 amide bonds. The fraction of sp³-hybridized carbons (Fsp3) is 0.0667. The van der Waals surface area contributed by atoms with Gasteiger partial charge in [-0.3, -0.25) is 0 Å². The van der Waals surface area contributed by atoms with E-state index >= 15 is 0 Å². The Bertz CT molecular complexity index is 2700. The molecule has 9 rings (SSSR count). The zero-order valence-corrected chi connectivity index (χ0v) is 26.7. The molecular formula is C45H30N4. The van der Waals surface area contributed by atoms with Crippen molar-refractivity contribution in [2.45, 2.75) is 18.8 Å². The quantitative estimate of drug-likeness (QED) is 0.191. The van der Waals surface area contributed by atoms with Gasteiger partial charge in [-0.2, -0.15) is 10.5 Å². The van der Waals surface area contributed by atoms with Gasteiger partial charge >= 0.3 is 0 Å². The summed E-state index contributed by atoms with van der Waals surface area (Å²) in [6, 6.07) is 51.4. The van der Waals surface area contributed by atoms with E-state index in [1.165, 1.54) is 21.8 Å². The molecule has 2 heterocycles. The van der Waals surface area contributed by atoms with Crippen LogP contribution in [0.3, 0.4) is 0 Å². The number of hydrogen-bond donors (Lipinski definition) is 0. The van der Waals surface area contributed by atoms with Gasteiger partial charge in [-0.15, -0.1) is 0 Å². The summed E-state index contributed by atoms with van der Waals surface area (Å²) >= 11 is 0. The van der Waals surface area contributed by atoms with E-state index in [9.17, 15) is 10.5 Å². The van der Waals surface area contributed by atoms with Gasteiger partial charge in [-0.1, -0.05) is 115 Å². The van der Waals surface area contributed by atoms with E-state index in [-0.39, 0.29) is 12.3 Å². The average molecular weight is 627 g/mol. The van der Waals surface area contributed by atoms with Crippen molar-refractivity contribution in [1.82, 2.24) is 9.13 Å². The fourth-order valence-corrected chi connectivity index (χ4v) is 7.87. The molecular weight excluding hydrogens is 597 g/mol. The molecule has 1 atom stereocenters. The van der Waals surface area contributed by atoms with E-state index in [4.69, 9.17) is 0 Å². The molecule has 230 valence electrons. The summed E-state index contributed by atoms with van der Waals surface area (Å²) in [6.45, 7) is 0. The van der Waals surface area contributed by atoms with Crippen molar-refractivity contribution < 1.29 is 0 Å². The van der Waals surface area contributed by atoms with Gasteiger partial charge in [-0.05, 0) is 65.1 Å². The molecule has 0 saturated heterocycles. The van der Waals surface area contributed by atoms with Crippen LogP contribution in [0, 0.1) is 22.7 Å². The van der Waals surface area contributed by atoms with Crippen LogP contribution in [0.1, 0.15) is 34.6 Å². The Morgan fingerprint density at radius 3 is 1.98 bits per heavy atom. The first-order valence-corrected chi connectivity index (χ1v) is 16.6. The summed E-state index contributed by atoms with van der Waals surface area (Å²) in [5.74, 6) is 0.0412. The normalized spacial score (nSPS) is 14.3. The molecule has 0 aliphatic heterocycles. The second-order valence-electron chi connectivity index (χ2n) is 12.6. The van der Waals surface area contributed by atoms with Crippen molar-refractivity contribution in [3.8, 4) is 23.5 Å². The third-order valence-corrected chi connectivity index (χ3v) is 9.94. The molecule has 0 saturated carbocycles. The highest BCUT2D eigenvalue weighted by Crippen LogP contribution is 2.41. The minimum absolute atomic E-state index is 0.0412. The summed E-state index contributed by atoms with van der Waals surface area (Å²) in [4.78, 5) is 0. The highest BCUT2D eigenvalue weighted by molar-refractivity contribution is 6.11. The molecule has 0 spiro atoms. The molecule has 1 aliphatic carbocycles. The van der Waals surface area contributed by atoms with E-state index in [2.05, 4.69) is 143 Å². The van der Waals surface area contributed by atoms with Crippen LogP contribution in [0.15, 0.2) is 152 Å². The molecule has 0 N–H and O–H groups in total. The molecule has 6 aromatic carbocycles. The number of nitriles is 2. The molecule has 1 unspecified atom stereocenters. The van der Waals surface area contributed by atoms with Gasteiger partial charge in [0.25, 0.3) is 0 Å². The van der Waals surface area contributed by atoms with Crippen LogP contribution in [0.25, 0.3) is 60.6 Å². The first kappa shape index (κ1) is 28.6. The molecule has 4 heteroatoms. The van der Waals surface area contributed by atoms with Crippen molar-refractivity contribution in [3.05, 3.63) is 174 Å². The number of fused-ring (bicyclic) bond motifs is 6. The van der Waals surface area contributed by atoms with Gasteiger partial charge < -0.3 is 9.13 Å². The fourth-order valence-electron chi connectivity index (χ4n) is 7.87. The SMILES string of the molecule is N#CCc1cccc2c3ccccc3n(-c3c(C#N)cccc3C3C=C(c4cccc(-n5c6ccccc6c6ccccc65)c4)C=CC3)c12. The summed E-state index contributed by atoms with van der Waals surface area (Å²) in [6.07, 6.45) is 7.94. The summed E-state index contributed by atoms with van der Waals surface area (Å²) in [5, 5.41) is 25.0. The van der Waals surface area contributed by atoms with E-state index in [1.807, 2.05) is 30.3 Å². The van der Waals surface area contributed by atoms with Crippen LogP contribution < -0.4 is 0 Å². The average Bonchev–Trinajstić information content (AvgIpc) is 3.68. The topological polar surface area (TPSA) is 57.4 Å². The Kier molecular flexibility index (Phi) is 6.75. The Morgan fingerprint density at radius 1 is 0.633 bits per heavy atom. The van der Waals surface area contributed by atoms with Gasteiger partial charge in [0.05, 0.1) is 45.8 Å². The Hall–Kier alpha value is -6.62. The summed E-state index contributed by atoms with van der Waals surface area (Å²) < 4.78 is 4.59. The smallest absolute Gasteiger partial charge is 0.101 e. The number of rotatable bonds is 5. The van der Waals surface area contributed by atoms with Crippen molar-refractivity contribution in [1.29, 1.82) is 10.5 Å². The number of aromatic nitrogens is 2. The van der Waals surface area contributed by atoms with Gasteiger partial charge in [-0.25, -0.2) is 0 Å². The number of hydrogen-bond acceptors (Lipinski definition) is 2. The van der Waals surface area contributed by atoms with Crippen molar-refractivity contribution in [2.75, 3.05) is 0 Å². The second kappa shape index (κ2) is 11.6. The van der Waals surface area contributed by atoms with Crippen LogP contribution in [0.4, 0.5) is 0 Å². The van der Waals surface area contributed by atoms with E-state index in [0.29, 0.717) is 5.56 Å². The maximum Gasteiger partial charge on any atom is 0.101 e. The number of nitrogens with zero attached hydrogens (tertiary/aromatic N) is 4. The van der Waals surface area contributed by atoms with Gasteiger partial charge in [0.1, 0.15) is 6.07 Å². The number of para-hydroxylation sites is 5. The van der Waals surface area contributed by atoms with Gasteiger partial charge in [0, 0.05) is 33.2 Å². The van der Waals surface area contributed by atoms with Crippen LogP contribution in [0.5, 0.6) is 0 Å². The van der Waals surface area contributed by atoms with Gasteiger partial charge in [0.15, 0.2) is 0 Å². The first-order chi connectivity index (χ1) is 24.2. The second-order valence-corrected chi connectivity index (χ2v) is 12.6. The van der Waals surface area contributed by atoms with Crippen LogP contribution in [-0.4, -0.2) is 9.13 Å². The Balaban J connectivity index is 1.22. The Labute approximate surface area is 284 Å². The number of allylic oxidation sites excluding steroid dienone is 4. The molecule has 1 aliphatic rings. The van der Waals surface area contributed by atoms with Gasteiger partial charge in [0.2, 0.25) is 0 Å². The molecule has 2 aromatic heterocycles. The molecule has 8 aromatic rings. The lowest BCUT2D eigenvalue weighted by Gasteiger charge is -2.23. The zero-order chi connectivity index (χ0) is 32.9. The first-order valence-electron chi connectivity index (χ1n) is 16.6. The monoisotopic (exact) mass is 626 g/mol. The third kappa shape index (κ3) is 4.50. The minimum Gasteiger partial charge on any atom is -0.309 e. The molecule has 0 fully saturated rings. The van der Waals surface area contributed by atoms with E-state index in [1.54, 1.807) is 0 Å². The highest BCUT2D eigenvalue weighted by Gasteiger charge is 2.24. The van der Waals surface area contributed by atoms with E-state index < -0.39 is 0 Å². The lowest BCUT2D eigenvalue weighted by atomic mass is 9.85. The zero-order valence-electron chi connectivity index (χ0n) is 26.7. The van der Waals surface area contributed by atoms with Crippen molar-refractivity contribution in [3.63, 3.8) is 0 Å². The summed E-state index contributed by atoms with van der Waals surface area (Å²) in [5.41, 5.74) is 11.4. The van der Waals surface area contributed by atoms with E-state index in [0.717, 1.165) is 61.9 Å². The van der Waals surface area contributed by atoms with Crippen molar-refractivity contribution >= 4 is 49.2 Å². The maximum absolute atomic E-state index is 10.5. The maximum atomic E-state index is 10.5. The Morgan fingerprint density at radius 2 is 1.27 bits per heavy atom. The van der Waals surface area contributed by atoms with Crippen LogP contribution in [-0.2, 0) is 6.42 Å². The molecule has 49 heavy (non-hydrogen) atoms. The molecule has 0 bridgehead atoms. The lowest BCUT2D eigenvalue weighted by molar-refractivity contribution is 0.845. The predicted molar refractivity (Wildman–Crippen MR) is 200 cm³/mol. The molecule has 4 nitrogen and oxygen atoms in total. The predicted octanol–water partition coefficient (Wildman–Crippen LogP) is 10.9. The lowest BCUT2D eigenvalue weighted by Crippen LogP contribution is -2.08. The largest absolute Gasteiger partial charge is 0.309 e. The minimum atomic E-state index is 0.0412. The molecule has 0 radical (unpaired) electrons. The van der Waals surface area contributed by atoms with Crippen LogP contribution in [0.2, 0.25) is 0 Å².